The molecule has 306 valence electrons. The molecule has 5 heteroatoms. The minimum Gasteiger partial charge on any atom is -0.309 e. The Morgan fingerprint density at radius 3 is 1.66 bits per heavy atom. The SMILES string of the molecule is CC1(C)c2ccccc2-c2ccc(-c3ccc(-n4c5ccccc5c5cc(-c6ccc7c(c6)n(-c6ccccc6)c6nc8c9ccccc9n(-c9ccccc9)c8n76)ccc54)cc3)cc21. The number of imidazole rings is 2. The molecule has 0 radical (unpaired) electrons. The number of hydrogen-bond acceptors (Lipinski definition) is 1. The zero-order chi connectivity index (χ0) is 43.0. The Balaban J connectivity index is 0.906. The molecule has 0 saturated heterocycles. The molecule has 1 aliphatic carbocycles. The summed E-state index contributed by atoms with van der Waals surface area (Å²) in [4.78, 5) is 5.46. The van der Waals surface area contributed by atoms with Crippen molar-refractivity contribution in [2.75, 3.05) is 0 Å². The highest BCUT2D eigenvalue weighted by molar-refractivity contribution is 6.11. The molecule has 65 heavy (non-hydrogen) atoms. The van der Waals surface area contributed by atoms with E-state index in [-0.39, 0.29) is 5.41 Å². The number of aromatic nitrogens is 5. The van der Waals surface area contributed by atoms with Crippen LogP contribution in [0.15, 0.2) is 212 Å². The summed E-state index contributed by atoms with van der Waals surface area (Å²) in [5.41, 5.74) is 21.3. The van der Waals surface area contributed by atoms with Crippen LogP contribution in [0.25, 0.3) is 111 Å². The maximum absolute atomic E-state index is 5.46. The molecule has 0 saturated carbocycles. The standard InChI is InChI=1S/C60H41N5/c1-60(2)50-22-12-9-19-45(50)46-32-27-40(36-51(46)60)38-25-30-44(31-26-38)62-52-23-13-10-20-47(52)49-35-39(28-33-54(49)62)41-29-34-55-56(37-41)64(43-17-7-4-8-18-43)59-61-57-48-21-11-14-24-53(48)63(58(57)65(55)59)42-15-5-3-6-16-42/h3-37H,1-2H3. The summed E-state index contributed by atoms with van der Waals surface area (Å²) in [6, 6.07) is 77.5. The second kappa shape index (κ2) is 13.3. The van der Waals surface area contributed by atoms with Gasteiger partial charge >= 0.3 is 0 Å². The average molecular weight is 832 g/mol. The van der Waals surface area contributed by atoms with E-state index in [1.54, 1.807) is 0 Å². The van der Waals surface area contributed by atoms with Crippen LogP contribution in [0.3, 0.4) is 0 Å². The molecule has 0 fully saturated rings. The van der Waals surface area contributed by atoms with Gasteiger partial charge in [-0.25, -0.2) is 4.98 Å². The first-order chi connectivity index (χ1) is 32.0. The van der Waals surface area contributed by atoms with E-state index in [1.165, 1.54) is 60.8 Å². The van der Waals surface area contributed by atoms with Crippen molar-refractivity contribution in [3.63, 3.8) is 0 Å². The monoisotopic (exact) mass is 831 g/mol. The first-order valence-electron chi connectivity index (χ1n) is 22.5. The van der Waals surface area contributed by atoms with Crippen LogP contribution in [-0.4, -0.2) is 23.1 Å². The molecule has 0 spiro atoms. The Morgan fingerprint density at radius 1 is 0.354 bits per heavy atom. The van der Waals surface area contributed by atoms with E-state index in [4.69, 9.17) is 4.98 Å². The third-order valence-corrected chi connectivity index (χ3v) is 14.2. The highest BCUT2D eigenvalue weighted by Gasteiger charge is 2.35. The first-order valence-corrected chi connectivity index (χ1v) is 22.5. The number of nitrogens with zero attached hydrogens (tertiary/aromatic N) is 5. The fourth-order valence-corrected chi connectivity index (χ4v) is 11.1. The van der Waals surface area contributed by atoms with E-state index in [9.17, 15) is 0 Å². The Hall–Kier alpha value is -8.41. The maximum atomic E-state index is 5.46. The second-order valence-electron chi connectivity index (χ2n) is 18.0. The molecular weight excluding hydrogens is 791 g/mol. The molecule has 0 N–H and O–H groups in total. The fraction of sp³-hybridized carbons (Fsp3) is 0.0500. The second-order valence-corrected chi connectivity index (χ2v) is 18.0. The predicted molar refractivity (Wildman–Crippen MR) is 269 cm³/mol. The molecule has 9 aromatic carbocycles. The number of para-hydroxylation sites is 4. The van der Waals surface area contributed by atoms with E-state index in [0.29, 0.717) is 0 Å². The molecule has 14 rings (SSSR count). The van der Waals surface area contributed by atoms with Crippen molar-refractivity contribution in [3.05, 3.63) is 223 Å². The van der Waals surface area contributed by atoms with E-state index in [0.717, 1.165) is 61.5 Å². The van der Waals surface area contributed by atoms with Gasteiger partial charge in [-0.1, -0.05) is 147 Å². The minimum absolute atomic E-state index is 0.0361. The van der Waals surface area contributed by atoms with Gasteiger partial charge in [0, 0.05) is 38.6 Å². The van der Waals surface area contributed by atoms with E-state index < -0.39 is 0 Å². The van der Waals surface area contributed by atoms with Crippen molar-refractivity contribution in [1.29, 1.82) is 0 Å². The van der Waals surface area contributed by atoms with E-state index in [2.05, 4.69) is 244 Å². The Bertz CT molecular complexity index is 4070. The summed E-state index contributed by atoms with van der Waals surface area (Å²) >= 11 is 0. The lowest BCUT2D eigenvalue weighted by atomic mass is 9.81. The van der Waals surface area contributed by atoms with Crippen LogP contribution in [0.1, 0.15) is 25.0 Å². The maximum Gasteiger partial charge on any atom is 0.221 e. The normalized spacial score (nSPS) is 13.2. The van der Waals surface area contributed by atoms with Gasteiger partial charge in [-0.15, -0.1) is 0 Å². The Morgan fingerprint density at radius 2 is 0.892 bits per heavy atom. The number of hydrogen-bond donors (Lipinski definition) is 0. The lowest BCUT2D eigenvalue weighted by Gasteiger charge is -2.22. The smallest absolute Gasteiger partial charge is 0.221 e. The number of fused-ring (bicyclic) bond motifs is 13. The molecule has 0 unspecified atom stereocenters. The van der Waals surface area contributed by atoms with Crippen molar-refractivity contribution in [1.82, 2.24) is 23.1 Å². The largest absolute Gasteiger partial charge is 0.309 e. The number of rotatable bonds is 5. The quantitative estimate of drug-likeness (QED) is 0.170. The van der Waals surface area contributed by atoms with Crippen molar-refractivity contribution < 1.29 is 0 Å². The molecule has 13 aromatic rings. The average Bonchev–Trinajstić information content (AvgIpc) is 4.13. The van der Waals surface area contributed by atoms with Crippen LogP contribution in [-0.2, 0) is 5.41 Å². The highest BCUT2D eigenvalue weighted by atomic mass is 15.3. The first kappa shape index (κ1) is 36.1. The molecule has 4 heterocycles. The summed E-state index contributed by atoms with van der Waals surface area (Å²) in [5.74, 6) is 0.888. The van der Waals surface area contributed by atoms with Gasteiger partial charge in [0.15, 0.2) is 5.65 Å². The minimum atomic E-state index is -0.0361. The van der Waals surface area contributed by atoms with Crippen molar-refractivity contribution in [2.24, 2.45) is 0 Å². The third-order valence-electron chi connectivity index (χ3n) is 14.2. The molecule has 4 aromatic heterocycles. The van der Waals surface area contributed by atoms with Gasteiger partial charge in [0.1, 0.15) is 5.52 Å². The highest BCUT2D eigenvalue weighted by Crippen LogP contribution is 2.49. The van der Waals surface area contributed by atoms with Gasteiger partial charge in [0.05, 0.1) is 27.6 Å². The molecule has 0 bridgehead atoms. The van der Waals surface area contributed by atoms with Gasteiger partial charge in [-0.2, -0.15) is 0 Å². The van der Waals surface area contributed by atoms with Gasteiger partial charge < -0.3 is 4.57 Å². The summed E-state index contributed by atoms with van der Waals surface area (Å²) in [6.07, 6.45) is 0. The Labute approximate surface area is 375 Å². The topological polar surface area (TPSA) is 32.1 Å². The van der Waals surface area contributed by atoms with Gasteiger partial charge in [-0.3, -0.25) is 13.5 Å². The van der Waals surface area contributed by atoms with Gasteiger partial charge in [0.2, 0.25) is 5.78 Å². The summed E-state index contributed by atoms with van der Waals surface area (Å²) in [6.45, 7) is 4.70. The van der Waals surface area contributed by atoms with E-state index >= 15 is 0 Å². The van der Waals surface area contributed by atoms with Crippen molar-refractivity contribution >= 4 is 60.7 Å². The molecule has 0 aliphatic heterocycles. The van der Waals surface area contributed by atoms with Crippen LogP contribution in [0, 0.1) is 0 Å². The van der Waals surface area contributed by atoms with Crippen LogP contribution in [0.2, 0.25) is 0 Å². The molecule has 0 atom stereocenters. The molecule has 0 amide bonds. The van der Waals surface area contributed by atoms with Crippen molar-refractivity contribution in [2.45, 2.75) is 19.3 Å². The molecule has 5 nitrogen and oxygen atoms in total. The van der Waals surface area contributed by atoms with Crippen LogP contribution in [0.5, 0.6) is 0 Å². The zero-order valence-electron chi connectivity index (χ0n) is 35.9. The lowest BCUT2D eigenvalue weighted by Crippen LogP contribution is -2.14. The van der Waals surface area contributed by atoms with Crippen LogP contribution in [0.4, 0.5) is 0 Å². The summed E-state index contributed by atoms with van der Waals surface area (Å²) in [7, 11) is 0. The Kier molecular flexibility index (Phi) is 7.39. The third kappa shape index (κ3) is 5.06. The van der Waals surface area contributed by atoms with Crippen molar-refractivity contribution in [3.8, 4) is 50.4 Å². The van der Waals surface area contributed by atoms with Gasteiger partial charge in [-0.05, 0) is 123 Å². The lowest BCUT2D eigenvalue weighted by molar-refractivity contribution is 0.660. The summed E-state index contributed by atoms with van der Waals surface area (Å²) in [5, 5.41) is 3.60. The fourth-order valence-electron chi connectivity index (χ4n) is 11.1. The predicted octanol–water partition coefficient (Wildman–Crippen LogP) is 15.1. The number of benzene rings is 9. The zero-order valence-corrected chi connectivity index (χ0v) is 35.9. The summed E-state index contributed by atoms with van der Waals surface area (Å²) < 4.78 is 9.44. The molecule has 1 aliphatic rings. The van der Waals surface area contributed by atoms with Gasteiger partial charge in [0.25, 0.3) is 0 Å². The van der Waals surface area contributed by atoms with E-state index in [1.807, 2.05) is 0 Å². The van der Waals surface area contributed by atoms with Crippen LogP contribution >= 0.6 is 0 Å². The van der Waals surface area contributed by atoms with Crippen LogP contribution < -0.4 is 0 Å². The molecular formula is C60H41N5.